The van der Waals surface area contributed by atoms with Crippen LogP contribution in [0.25, 0.3) is 11.1 Å². The molecule has 1 N–H and O–H groups in total. The minimum Gasteiger partial charge on any atom is -0.462 e. The van der Waals surface area contributed by atoms with Crippen LogP contribution in [-0.4, -0.2) is 38.2 Å². The molecule has 5 nitrogen and oxygen atoms in total. The van der Waals surface area contributed by atoms with Gasteiger partial charge in [0.05, 0.1) is 18.8 Å². The molecule has 1 aliphatic heterocycles. The van der Waals surface area contributed by atoms with Crippen molar-refractivity contribution in [3.63, 3.8) is 0 Å². The van der Waals surface area contributed by atoms with Crippen LogP contribution >= 0.6 is 0 Å². The molecule has 0 bridgehead atoms. The van der Waals surface area contributed by atoms with Gasteiger partial charge >= 0.3 is 5.97 Å². The quantitative estimate of drug-likeness (QED) is 0.791. The summed E-state index contributed by atoms with van der Waals surface area (Å²) in [4.78, 5) is 24.0. The third-order valence-electron chi connectivity index (χ3n) is 4.68. The van der Waals surface area contributed by atoms with Crippen LogP contribution in [0.15, 0.2) is 48.5 Å². The minimum atomic E-state index is -0.320. The molecular weight excluding hydrogens is 342 g/mol. The van der Waals surface area contributed by atoms with E-state index in [0.717, 1.165) is 37.2 Å². The van der Waals surface area contributed by atoms with Crippen molar-refractivity contribution in [3.8, 4) is 11.1 Å². The number of hydrogen-bond donors (Lipinski definition) is 1. The van der Waals surface area contributed by atoms with Crippen LogP contribution in [-0.2, 0) is 9.47 Å². The lowest BCUT2D eigenvalue weighted by Gasteiger charge is -2.22. The largest absolute Gasteiger partial charge is 0.462 e. The highest BCUT2D eigenvalue weighted by atomic mass is 16.5. The summed E-state index contributed by atoms with van der Waals surface area (Å²) < 4.78 is 10.4. The van der Waals surface area contributed by atoms with E-state index in [1.807, 2.05) is 36.4 Å². The molecule has 0 spiro atoms. The normalized spacial score (nSPS) is 16.6. The number of amides is 1. The van der Waals surface area contributed by atoms with Crippen LogP contribution < -0.4 is 5.32 Å². The van der Waals surface area contributed by atoms with Crippen molar-refractivity contribution in [1.82, 2.24) is 5.32 Å². The molecule has 1 amide bonds. The van der Waals surface area contributed by atoms with Crippen LogP contribution in [0.1, 0.15) is 40.5 Å². The highest BCUT2D eigenvalue weighted by Gasteiger charge is 2.15. The lowest BCUT2D eigenvalue weighted by molar-refractivity contribution is 0.0524. The van der Waals surface area contributed by atoms with E-state index in [1.54, 1.807) is 19.1 Å². The van der Waals surface area contributed by atoms with E-state index >= 15 is 0 Å². The second kappa shape index (κ2) is 9.33. The van der Waals surface area contributed by atoms with Crippen LogP contribution in [0.4, 0.5) is 0 Å². The smallest absolute Gasteiger partial charge is 0.338 e. The van der Waals surface area contributed by atoms with E-state index < -0.39 is 0 Å². The summed E-state index contributed by atoms with van der Waals surface area (Å²) in [6.45, 7) is 4.34. The van der Waals surface area contributed by atoms with E-state index in [4.69, 9.17) is 9.47 Å². The summed E-state index contributed by atoms with van der Waals surface area (Å²) in [5.74, 6) is 0.0177. The van der Waals surface area contributed by atoms with Gasteiger partial charge in [0.15, 0.2) is 0 Å². The van der Waals surface area contributed by atoms with Crippen LogP contribution in [0.5, 0.6) is 0 Å². The highest BCUT2D eigenvalue weighted by Crippen LogP contribution is 2.21. The van der Waals surface area contributed by atoms with Gasteiger partial charge in [-0.3, -0.25) is 4.79 Å². The van der Waals surface area contributed by atoms with Gasteiger partial charge in [0.2, 0.25) is 0 Å². The summed E-state index contributed by atoms with van der Waals surface area (Å²) in [7, 11) is 0. The number of hydrogen-bond acceptors (Lipinski definition) is 4. The van der Waals surface area contributed by atoms with Crippen LogP contribution in [0, 0.1) is 5.92 Å². The molecule has 1 heterocycles. The van der Waals surface area contributed by atoms with Gasteiger partial charge in [-0.1, -0.05) is 24.3 Å². The predicted molar refractivity (Wildman–Crippen MR) is 104 cm³/mol. The fourth-order valence-electron chi connectivity index (χ4n) is 3.13. The van der Waals surface area contributed by atoms with E-state index in [9.17, 15) is 9.59 Å². The van der Waals surface area contributed by atoms with E-state index in [2.05, 4.69) is 5.32 Å². The topological polar surface area (TPSA) is 64.6 Å². The lowest BCUT2D eigenvalue weighted by atomic mass is 10.0. The molecule has 0 unspecified atom stereocenters. The molecule has 0 aromatic heterocycles. The highest BCUT2D eigenvalue weighted by molar-refractivity contribution is 5.94. The first-order chi connectivity index (χ1) is 13.2. The summed E-state index contributed by atoms with van der Waals surface area (Å²) in [6.07, 6.45) is 2.16. The maximum absolute atomic E-state index is 12.3. The van der Waals surface area contributed by atoms with Crippen molar-refractivity contribution >= 4 is 11.9 Å². The van der Waals surface area contributed by atoms with Crippen molar-refractivity contribution in [1.29, 1.82) is 0 Å². The molecular formula is C22H25NO4. The Morgan fingerprint density at radius 3 is 2.22 bits per heavy atom. The first-order valence-electron chi connectivity index (χ1n) is 9.41. The molecule has 0 aliphatic carbocycles. The molecule has 1 aliphatic rings. The Kier molecular flexibility index (Phi) is 6.60. The zero-order valence-electron chi connectivity index (χ0n) is 15.6. The third kappa shape index (κ3) is 5.17. The fraction of sp³-hybridized carbons (Fsp3) is 0.364. The van der Waals surface area contributed by atoms with Crippen molar-refractivity contribution in [2.24, 2.45) is 5.92 Å². The molecule has 2 aromatic rings. The van der Waals surface area contributed by atoms with Gasteiger partial charge in [-0.2, -0.15) is 0 Å². The van der Waals surface area contributed by atoms with Crippen LogP contribution in [0.2, 0.25) is 0 Å². The van der Waals surface area contributed by atoms with Gasteiger partial charge in [0.25, 0.3) is 5.91 Å². The lowest BCUT2D eigenvalue weighted by Crippen LogP contribution is -2.33. The molecule has 3 rings (SSSR count). The summed E-state index contributed by atoms with van der Waals surface area (Å²) in [6, 6.07) is 14.7. The molecule has 2 aromatic carbocycles. The molecule has 0 radical (unpaired) electrons. The maximum Gasteiger partial charge on any atom is 0.338 e. The second-order valence-electron chi connectivity index (χ2n) is 6.67. The Morgan fingerprint density at radius 1 is 1.04 bits per heavy atom. The van der Waals surface area contributed by atoms with E-state index in [1.165, 1.54) is 0 Å². The average Bonchev–Trinajstić information content (AvgIpc) is 2.73. The first-order valence-corrected chi connectivity index (χ1v) is 9.41. The number of esters is 1. The molecule has 5 heteroatoms. The van der Waals surface area contributed by atoms with Gasteiger partial charge in [0.1, 0.15) is 0 Å². The van der Waals surface area contributed by atoms with Gasteiger partial charge in [0, 0.05) is 18.7 Å². The number of rotatable bonds is 6. The Morgan fingerprint density at radius 2 is 1.67 bits per heavy atom. The van der Waals surface area contributed by atoms with Crippen molar-refractivity contribution in [3.05, 3.63) is 59.7 Å². The third-order valence-corrected chi connectivity index (χ3v) is 4.68. The number of benzene rings is 2. The number of ether oxygens (including phenoxy) is 2. The Balaban J connectivity index is 1.59. The molecule has 1 fully saturated rings. The monoisotopic (exact) mass is 367 g/mol. The molecule has 27 heavy (non-hydrogen) atoms. The minimum absolute atomic E-state index is 0.0650. The average molecular weight is 367 g/mol. The zero-order valence-corrected chi connectivity index (χ0v) is 15.6. The van der Waals surface area contributed by atoms with Crippen molar-refractivity contribution in [2.45, 2.75) is 19.8 Å². The molecule has 0 saturated carbocycles. The van der Waals surface area contributed by atoms with Gasteiger partial charge < -0.3 is 14.8 Å². The number of carbonyl (C=O) groups excluding carboxylic acids is 2. The van der Waals surface area contributed by atoms with E-state index in [0.29, 0.717) is 30.2 Å². The standard InChI is InChI=1S/C22H25NO4/c1-2-27-22(25)20-11-7-18(8-12-20)17-5-9-19(10-6-17)21(24)23-14-16-4-3-13-26-15-16/h5-12,16H,2-4,13-15H2,1H3,(H,23,24)/t16-/m1/s1. The number of carbonyl (C=O) groups is 2. The van der Waals surface area contributed by atoms with E-state index in [-0.39, 0.29) is 11.9 Å². The molecule has 1 saturated heterocycles. The van der Waals surface area contributed by atoms with Crippen molar-refractivity contribution in [2.75, 3.05) is 26.4 Å². The summed E-state index contributed by atoms with van der Waals surface area (Å²) in [5.41, 5.74) is 3.14. The summed E-state index contributed by atoms with van der Waals surface area (Å²) >= 11 is 0. The fourth-order valence-corrected chi connectivity index (χ4v) is 3.13. The SMILES string of the molecule is CCOC(=O)c1ccc(-c2ccc(C(=O)NC[C@H]3CCCOC3)cc2)cc1. The molecule has 142 valence electrons. The maximum atomic E-state index is 12.3. The predicted octanol–water partition coefficient (Wildman–Crippen LogP) is 3.69. The van der Waals surface area contributed by atoms with Gasteiger partial charge in [-0.15, -0.1) is 0 Å². The Bertz CT molecular complexity index is 762. The Labute approximate surface area is 159 Å². The number of nitrogens with one attached hydrogen (secondary N) is 1. The van der Waals surface area contributed by atoms with Crippen LogP contribution in [0.3, 0.4) is 0 Å². The van der Waals surface area contributed by atoms with Crippen molar-refractivity contribution < 1.29 is 19.1 Å². The Hall–Kier alpha value is -2.66. The molecule has 1 atom stereocenters. The second-order valence-corrected chi connectivity index (χ2v) is 6.67. The van der Waals surface area contributed by atoms with Gasteiger partial charge in [-0.25, -0.2) is 4.79 Å². The van der Waals surface area contributed by atoms with Gasteiger partial charge in [-0.05, 0) is 61.1 Å². The zero-order chi connectivity index (χ0) is 19.1. The summed E-state index contributed by atoms with van der Waals surface area (Å²) in [5, 5.41) is 2.99. The first kappa shape index (κ1) is 19.1.